The lowest BCUT2D eigenvalue weighted by Gasteiger charge is -2.25. The molecule has 5 nitrogen and oxygen atoms in total. The van der Waals surface area contributed by atoms with Crippen LogP contribution in [0.5, 0.6) is 11.5 Å². The number of carbonyl (C=O) groups is 2. The van der Waals surface area contributed by atoms with Crippen LogP contribution in [0.2, 0.25) is 0 Å². The predicted octanol–water partition coefficient (Wildman–Crippen LogP) is 7.01. The van der Waals surface area contributed by atoms with Gasteiger partial charge in [-0.05, 0) is 103 Å². The molecule has 0 unspecified atom stereocenters. The zero-order valence-electron chi connectivity index (χ0n) is 22.8. The van der Waals surface area contributed by atoms with E-state index in [0.717, 1.165) is 0 Å². The lowest BCUT2D eigenvalue weighted by molar-refractivity contribution is 0.101. The van der Waals surface area contributed by atoms with Crippen LogP contribution in [-0.4, -0.2) is 22.8 Å². The molecule has 3 aromatic rings. The number of ketones is 2. The molecule has 5 heteroatoms. The highest BCUT2D eigenvalue weighted by atomic mass is 16.5. The molecule has 0 atom stereocenters. The first-order valence-electron chi connectivity index (χ1n) is 12.2. The van der Waals surface area contributed by atoms with Crippen LogP contribution in [0.1, 0.15) is 90.1 Å². The Balaban J connectivity index is 2.21. The lowest BCUT2D eigenvalue weighted by atomic mass is 9.84. The monoisotopic (exact) mass is 487 g/mol. The Morgan fingerprint density at radius 2 is 0.944 bits per heavy atom. The first kappa shape index (κ1) is 27.0. The molecular weight excluding hydrogens is 450 g/mol. The molecule has 3 rings (SSSR count). The van der Waals surface area contributed by atoms with Crippen molar-refractivity contribution in [2.24, 2.45) is 0 Å². The molecule has 0 aliphatic carbocycles. The van der Waals surface area contributed by atoms with E-state index in [1.54, 1.807) is 43.3 Å². The van der Waals surface area contributed by atoms with Gasteiger partial charge in [-0.3, -0.25) is 9.59 Å². The van der Waals surface area contributed by atoms with Crippen molar-refractivity contribution in [3.8, 4) is 11.5 Å². The average Bonchev–Trinajstić information content (AvgIpc) is 2.76. The quantitative estimate of drug-likeness (QED) is 0.299. The molecule has 0 fully saturated rings. The molecule has 0 bridgehead atoms. The van der Waals surface area contributed by atoms with Gasteiger partial charge in [0, 0.05) is 16.8 Å². The molecule has 0 spiro atoms. The average molecular weight is 488 g/mol. The third-order valence-electron chi connectivity index (χ3n) is 5.86. The van der Waals surface area contributed by atoms with Gasteiger partial charge in [-0.15, -0.1) is 0 Å². The molecular formula is C31H37NO4. The summed E-state index contributed by atoms with van der Waals surface area (Å²) in [5, 5.41) is 0. The van der Waals surface area contributed by atoms with Crippen LogP contribution >= 0.6 is 0 Å². The number of para-hydroxylation sites is 2. The van der Waals surface area contributed by atoms with Crippen molar-refractivity contribution in [3.05, 3.63) is 87.5 Å². The van der Waals surface area contributed by atoms with E-state index in [4.69, 9.17) is 15.2 Å². The Hall–Kier alpha value is -3.60. The van der Waals surface area contributed by atoms with Gasteiger partial charge in [-0.25, -0.2) is 0 Å². The van der Waals surface area contributed by atoms with Crippen LogP contribution in [0.25, 0.3) is 0 Å². The highest BCUT2D eigenvalue weighted by Gasteiger charge is 2.29. The standard InChI is InChI=1S/C31H37NO4/c1-18-25(28(33)21-14-10-12-16-23(21)35-30(4,5)6)19(2)27(32)20(3)26(18)29(34)22-15-11-13-17-24(22)36-31(7,8)9/h10-17H,32H2,1-9H3. The Bertz CT molecular complexity index is 1220. The van der Waals surface area contributed by atoms with Gasteiger partial charge in [0.15, 0.2) is 11.6 Å². The fraction of sp³-hybridized carbons (Fsp3) is 0.355. The van der Waals surface area contributed by atoms with Gasteiger partial charge in [0.2, 0.25) is 0 Å². The summed E-state index contributed by atoms with van der Waals surface area (Å²) in [5.74, 6) is 0.518. The first-order chi connectivity index (χ1) is 16.6. The zero-order valence-corrected chi connectivity index (χ0v) is 22.8. The van der Waals surface area contributed by atoms with Crippen molar-refractivity contribution in [2.45, 2.75) is 73.5 Å². The minimum Gasteiger partial charge on any atom is -0.487 e. The number of hydrogen-bond acceptors (Lipinski definition) is 5. The number of nitrogens with two attached hydrogens (primary N) is 1. The number of anilines is 1. The van der Waals surface area contributed by atoms with Crippen LogP contribution < -0.4 is 15.2 Å². The summed E-state index contributed by atoms with van der Waals surface area (Å²) in [6.45, 7) is 17.0. The first-order valence-corrected chi connectivity index (χ1v) is 12.2. The van der Waals surface area contributed by atoms with Gasteiger partial charge in [0.1, 0.15) is 22.7 Å². The highest BCUT2D eigenvalue weighted by molar-refractivity contribution is 6.18. The lowest BCUT2D eigenvalue weighted by Crippen LogP contribution is -2.25. The normalized spacial score (nSPS) is 11.8. The van der Waals surface area contributed by atoms with Crippen molar-refractivity contribution in [2.75, 3.05) is 5.73 Å². The van der Waals surface area contributed by atoms with E-state index in [0.29, 0.717) is 56.1 Å². The van der Waals surface area contributed by atoms with Crippen LogP contribution in [0.15, 0.2) is 48.5 Å². The van der Waals surface area contributed by atoms with Crippen LogP contribution in [0.4, 0.5) is 5.69 Å². The minimum atomic E-state index is -0.481. The molecule has 0 amide bonds. The second kappa shape index (κ2) is 9.81. The van der Waals surface area contributed by atoms with Gasteiger partial charge < -0.3 is 15.2 Å². The summed E-state index contributed by atoms with van der Waals surface area (Å²) in [4.78, 5) is 27.9. The van der Waals surface area contributed by atoms with Gasteiger partial charge in [0.25, 0.3) is 0 Å². The van der Waals surface area contributed by atoms with E-state index in [-0.39, 0.29) is 11.6 Å². The van der Waals surface area contributed by atoms with Gasteiger partial charge in [-0.2, -0.15) is 0 Å². The molecule has 0 saturated carbocycles. The van der Waals surface area contributed by atoms with Crippen molar-refractivity contribution in [3.63, 3.8) is 0 Å². The fourth-order valence-electron chi connectivity index (χ4n) is 4.33. The Morgan fingerprint density at radius 1 is 0.611 bits per heavy atom. The maximum Gasteiger partial charge on any atom is 0.197 e. The van der Waals surface area contributed by atoms with E-state index >= 15 is 0 Å². The van der Waals surface area contributed by atoms with E-state index < -0.39 is 11.2 Å². The second-order valence-electron chi connectivity index (χ2n) is 11.1. The third-order valence-corrected chi connectivity index (χ3v) is 5.86. The van der Waals surface area contributed by atoms with E-state index in [9.17, 15) is 9.59 Å². The minimum absolute atomic E-state index is 0.232. The summed E-state index contributed by atoms with van der Waals surface area (Å²) in [5.41, 5.74) is 9.54. The van der Waals surface area contributed by atoms with Gasteiger partial charge >= 0.3 is 0 Å². The SMILES string of the molecule is Cc1c(N)c(C)c(C(=O)c2ccccc2OC(C)(C)C)c(C)c1C(=O)c1ccccc1OC(C)(C)C. The molecule has 0 saturated heterocycles. The van der Waals surface area contributed by atoms with Crippen molar-refractivity contribution in [1.29, 1.82) is 0 Å². The number of nitrogen functional groups attached to an aromatic ring is 1. The summed E-state index contributed by atoms with van der Waals surface area (Å²) < 4.78 is 12.2. The van der Waals surface area contributed by atoms with E-state index in [2.05, 4.69) is 0 Å². The molecule has 0 aliphatic heterocycles. The molecule has 0 heterocycles. The smallest absolute Gasteiger partial charge is 0.197 e. The fourth-order valence-corrected chi connectivity index (χ4v) is 4.33. The van der Waals surface area contributed by atoms with E-state index in [1.165, 1.54) is 0 Å². The molecule has 36 heavy (non-hydrogen) atoms. The third kappa shape index (κ3) is 5.62. The number of hydrogen-bond donors (Lipinski definition) is 1. The predicted molar refractivity (Wildman–Crippen MR) is 146 cm³/mol. The highest BCUT2D eigenvalue weighted by Crippen LogP contribution is 2.36. The summed E-state index contributed by atoms with van der Waals surface area (Å²) in [6, 6.07) is 14.3. The molecule has 0 aromatic heterocycles. The van der Waals surface area contributed by atoms with Gasteiger partial charge in [0.05, 0.1) is 11.1 Å². The number of benzene rings is 3. The Kier molecular flexibility index (Phi) is 7.35. The molecule has 0 aliphatic rings. The maximum absolute atomic E-state index is 14.0. The molecule has 2 N–H and O–H groups in total. The molecule has 3 aromatic carbocycles. The number of carbonyl (C=O) groups excluding carboxylic acids is 2. The summed E-state index contributed by atoms with van der Waals surface area (Å²) >= 11 is 0. The van der Waals surface area contributed by atoms with Crippen molar-refractivity contribution in [1.82, 2.24) is 0 Å². The van der Waals surface area contributed by atoms with Crippen LogP contribution in [-0.2, 0) is 0 Å². The van der Waals surface area contributed by atoms with Crippen LogP contribution in [0.3, 0.4) is 0 Å². The van der Waals surface area contributed by atoms with Crippen LogP contribution in [0, 0.1) is 20.8 Å². The molecule has 0 radical (unpaired) electrons. The van der Waals surface area contributed by atoms with Gasteiger partial charge in [-0.1, -0.05) is 24.3 Å². The largest absolute Gasteiger partial charge is 0.487 e. The number of rotatable bonds is 6. The Morgan fingerprint density at radius 3 is 1.28 bits per heavy atom. The zero-order chi connectivity index (χ0) is 27.0. The second-order valence-corrected chi connectivity index (χ2v) is 11.1. The Labute approximate surface area is 214 Å². The van der Waals surface area contributed by atoms with Crippen molar-refractivity contribution < 1.29 is 19.1 Å². The summed E-state index contributed by atoms with van der Waals surface area (Å²) in [7, 11) is 0. The number of ether oxygens (including phenoxy) is 2. The molecule has 190 valence electrons. The maximum atomic E-state index is 14.0. The van der Waals surface area contributed by atoms with Crippen molar-refractivity contribution >= 4 is 17.3 Å². The topological polar surface area (TPSA) is 78.6 Å². The van der Waals surface area contributed by atoms with E-state index in [1.807, 2.05) is 67.5 Å². The summed E-state index contributed by atoms with van der Waals surface area (Å²) in [6.07, 6.45) is 0.